The summed E-state index contributed by atoms with van der Waals surface area (Å²) in [5.41, 5.74) is 2.07. The molecule has 1 aliphatic heterocycles. The molecule has 126 valence electrons. The Balaban J connectivity index is 0.00000156. The van der Waals surface area contributed by atoms with Gasteiger partial charge in [0.2, 0.25) is 0 Å². The molecule has 1 saturated heterocycles. The molecule has 2 atom stereocenters. The van der Waals surface area contributed by atoms with Gasteiger partial charge in [-0.15, -0.1) is 24.0 Å². The lowest BCUT2D eigenvalue weighted by Gasteiger charge is -2.38. The highest BCUT2D eigenvalue weighted by Gasteiger charge is 2.45. The number of hydrogen-bond acceptors (Lipinski definition) is 1. The molecule has 2 saturated carbocycles. The zero-order chi connectivity index (χ0) is 15.2. The van der Waals surface area contributed by atoms with Gasteiger partial charge in [-0.1, -0.05) is 34.5 Å². The van der Waals surface area contributed by atoms with E-state index in [0.717, 1.165) is 10.4 Å². The van der Waals surface area contributed by atoms with Gasteiger partial charge >= 0.3 is 0 Å². The Bertz CT molecular complexity index is 582. The van der Waals surface area contributed by atoms with Gasteiger partial charge in [-0.25, -0.2) is 0 Å². The van der Waals surface area contributed by atoms with Gasteiger partial charge in [0.05, 0.1) is 0 Å². The standard InChI is InChI=1S/C18H24BrN3.HI/c1-20-17(22-10-9-18(12-22)7-2-8-18)21-16-11-15(16)13-3-5-14(19)6-4-13;/h3-6,15-16H,2,7-12H2,1H3,(H,20,21);1H. The van der Waals surface area contributed by atoms with Crippen molar-refractivity contribution in [3.8, 4) is 0 Å². The van der Waals surface area contributed by atoms with Crippen LogP contribution in [0.3, 0.4) is 0 Å². The number of halogens is 2. The molecule has 1 aromatic rings. The number of rotatable bonds is 2. The van der Waals surface area contributed by atoms with E-state index in [9.17, 15) is 0 Å². The molecule has 3 aliphatic rings. The lowest BCUT2D eigenvalue weighted by atomic mass is 9.68. The van der Waals surface area contributed by atoms with E-state index in [1.54, 1.807) is 0 Å². The maximum absolute atomic E-state index is 4.54. The van der Waals surface area contributed by atoms with E-state index in [2.05, 4.69) is 55.4 Å². The Kier molecular flexibility index (Phi) is 5.26. The van der Waals surface area contributed by atoms with Crippen LogP contribution in [-0.2, 0) is 0 Å². The predicted molar refractivity (Wildman–Crippen MR) is 110 cm³/mol. The fourth-order valence-corrected chi connectivity index (χ4v) is 4.36. The summed E-state index contributed by atoms with van der Waals surface area (Å²) in [6.45, 7) is 2.39. The summed E-state index contributed by atoms with van der Waals surface area (Å²) < 4.78 is 1.15. The highest BCUT2D eigenvalue weighted by atomic mass is 127. The van der Waals surface area contributed by atoms with Crippen LogP contribution in [0.25, 0.3) is 0 Å². The number of nitrogens with zero attached hydrogens (tertiary/aromatic N) is 2. The number of hydrogen-bond donors (Lipinski definition) is 1. The minimum Gasteiger partial charge on any atom is -0.353 e. The van der Waals surface area contributed by atoms with Crippen LogP contribution in [-0.4, -0.2) is 37.0 Å². The van der Waals surface area contributed by atoms with E-state index >= 15 is 0 Å². The Morgan fingerprint density at radius 2 is 2.00 bits per heavy atom. The lowest BCUT2D eigenvalue weighted by molar-refractivity contribution is 0.151. The van der Waals surface area contributed by atoms with Crippen molar-refractivity contribution in [3.05, 3.63) is 34.3 Å². The molecule has 0 bridgehead atoms. The van der Waals surface area contributed by atoms with E-state index in [-0.39, 0.29) is 24.0 Å². The van der Waals surface area contributed by atoms with Crippen molar-refractivity contribution in [2.75, 3.05) is 20.1 Å². The third kappa shape index (κ3) is 3.55. The number of aliphatic imine (C=N–C) groups is 1. The van der Waals surface area contributed by atoms with Gasteiger partial charge in [-0.05, 0) is 48.8 Å². The quantitative estimate of drug-likeness (QED) is 0.379. The molecule has 0 amide bonds. The molecule has 4 rings (SSSR count). The molecular formula is C18H25BrIN3. The first-order valence-corrected chi connectivity index (χ1v) is 9.22. The van der Waals surface area contributed by atoms with Crippen molar-refractivity contribution in [1.29, 1.82) is 0 Å². The summed E-state index contributed by atoms with van der Waals surface area (Å²) >= 11 is 3.51. The second-order valence-electron chi connectivity index (χ2n) is 7.22. The molecule has 2 unspecified atom stereocenters. The summed E-state index contributed by atoms with van der Waals surface area (Å²) in [6.07, 6.45) is 6.85. The first-order valence-electron chi connectivity index (χ1n) is 8.43. The topological polar surface area (TPSA) is 27.6 Å². The fourth-order valence-electron chi connectivity index (χ4n) is 4.10. The maximum atomic E-state index is 4.54. The highest BCUT2D eigenvalue weighted by Crippen LogP contribution is 2.48. The van der Waals surface area contributed by atoms with E-state index in [0.29, 0.717) is 17.4 Å². The van der Waals surface area contributed by atoms with Gasteiger partial charge in [0.1, 0.15) is 0 Å². The zero-order valence-electron chi connectivity index (χ0n) is 13.6. The summed E-state index contributed by atoms with van der Waals surface area (Å²) in [7, 11) is 1.92. The molecule has 5 heteroatoms. The van der Waals surface area contributed by atoms with Gasteiger partial charge in [0.15, 0.2) is 5.96 Å². The molecule has 0 radical (unpaired) electrons. The highest BCUT2D eigenvalue weighted by molar-refractivity contribution is 14.0. The monoisotopic (exact) mass is 489 g/mol. The molecule has 23 heavy (non-hydrogen) atoms. The summed E-state index contributed by atoms with van der Waals surface area (Å²) in [5.74, 6) is 1.76. The van der Waals surface area contributed by atoms with Gasteiger partial charge in [-0.3, -0.25) is 4.99 Å². The van der Waals surface area contributed by atoms with Crippen molar-refractivity contribution >= 4 is 45.9 Å². The van der Waals surface area contributed by atoms with Crippen molar-refractivity contribution in [2.24, 2.45) is 10.4 Å². The Morgan fingerprint density at radius 3 is 2.57 bits per heavy atom. The normalized spacial score (nSPS) is 28.3. The van der Waals surface area contributed by atoms with Crippen LogP contribution in [0.2, 0.25) is 0 Å². The number of nitrogens with one attached hydrogen (secondary N) is 1. The lowest BCUT2D eigenvalue weighted by Crippen LogP contribution is -2.43. The Morgan fingerprint density at radius 1 is 1.26 bits per heavy atom. The van der Waals surface area contributed by atoms with Crippen LogP contribution in [0, 0.1) is 5.41 Å². The van der Waals surface area contributed by atoms with Crippen molar-refractivity contribution in [3.63, 3.8) is 0 Å². The average Bonchev–Trinajstić information content (AvgIpc) is 3.10. The van der Waals surface area contributed by atoms with Crippen molar-refractivity contribution in [2.45, 2.75) is 44.1 Å². The van der Waals surface area contributed by atoms with E-state index in [1.807, 2.05) is 7.05 Å². The van der Waals surface area contributed by atoms with Gasteiger partial charge < -0.3 is 10.2 Å². The maximum Gasteiger partial charge on any atom is 0.193 e. The van der Waals surface area contributed by atoms with Gasteiger partial charge in [-0.2, -0.15) is 0 Å². The minimum atomic E-state index is 0. The van der Waals surface area contributed by atoms with Crippen molar-refractivity contribution < 1.29 is 0 Å². The Hall–Kier alpha value is -0.300. The number of benzene rings is 1. The summed E-state index contributed by atoms with van der Waals surface area (Å²) in [6, 6.07) is 9.30. The molecule has 0 aromatic heterocycles. The zero-order valence-corrected chi connectivity index (χ0v) is 17.5. The van der Waals surface area contributed by atoms with Crippen LogP contribution in [0.5, 0.6) is 0 Å². The Labute approximate surface area is 164 Å². The van der Waals surface area contributed by atoms with E-state index < -0.39 is 0 Å². The summed E-state index contributed by atoms with van der Waals surface area (Å²) in [4.78, 5) is 7.02. The summed E-state index contributed by atoms with van der Waals surface area (Å²) in [5, 5.41) is 3.70. The molecule has 1 heterocycles. The van der Waals surface area contributed by atoms with Crippen LogP contribution in [0.1, 0.15) is 43.6 Å². The molecule has 1 spiro atoms. The first kappa shape index (κ1) is 17.5. The minimum absolute atomic E-state index is 0. The van der Waals surface area contributed by atoms with Crippen LogP contribution in [0.4, 0.5) is 0 Å². The third-order valence-electron chi connectivity index (χ3n) is 5.77. The molecule has 2 aliphatic carbocycles. The van der Waals surface area contributed by atoms with Crippen molar-refractivity contribution in [1.82, 2.24) is 10.2 Å². The van der Waals surface area contributed by atoms with Crippen LogP contribution < -0.4 is 5.32 Å². The molecule has 3 fully saturated rings. The average molecular weight is 490 g/mol. The molecule has 1 N–H and O–H groups in total. The molecular weight excluding hydrogens is 465 g/mol. The molecule has 3 nitrogen and oxygen atoms in total. The smallest absolute Gasteiger partial charge is 0.193 e. The SMILES string of the molecule is CN=C(NC1CC1c1ccc(Br)cc1)N1CCC2(CCC2)C1.I. The largest absolute Gasteiger partial charge is 0.353 e. The van der Waals surface area contributed by atoms with Crippen LogP contribution >= 0.6 is 39.9 Å². The van der Waals surface area contributed by atoms with Gasteiger partial charge in [0, 0.05) is 36.6 Å². The number of guanidine groups is 1. The van der Waals surface area contributed by atoms with Crippen LogP contribution in [0.15, 0.2) is 33.7 Å². The fraction of sp³-hybridized carbons (Fsp3) is 0.611. The van der Waals surface area contributed by atoms with Gasteiger partial charge in [0.25, 0.3) is 0 Å². The second-order valence-corrected chi connectivity index (χ2v) is 8.13. The predicted octanol–water partition coefficient (Wildman–Crippen LogP) is 4.37. The van der Waals surface area contributed by atoms with E-state index in [4.69, 9.17) is 0 Å². The molecule has 1 aromatic carbocycles. The second kappa shape index (κ2) is 6.90. The number of likely N-dealkylation sites (tertiary alicyclic amines) is 1. The van der Waals surface area contributed by atoms with E-state index in [1.165, 1.54) is 50.8 Å². The first-order chi connectivity index (χ1) is 10.7. The third-order valence-corrected chi connectivity index (χ3v) is 6.30.